The van der Waals surface area contributed by atoms with E-state index in [9.17, 15) is 19.5 Å². The fraction of sp³-hybridized carbons (Fsp3) is 0.138. The van der Waals surface area contributed by atoms with Gasteiger partial charge in [-0.15, -0.1) is 0 Å². The topological polar surface area (TPSA) is 71.4 Å². The Hall–Kier alpha value is -4.05. The number of aryl methyl sites for hydroxylation is 1. The molecule has 164 valence electrons. The number of ketones is 2. The summed E-state index contributed by atoms with van der Waals surface area (Å²) < 4.78 is 0. The molecule has 4 rings (SSSR count). The lowest BCUT2D eigenvalue weighted by molar-refractivity contribution is 0.0695. The number of carboxylic acid groups (broad SMARTS) is 1. The van der Waals surface area contributed by atoms with Gasteiger partial charge >= 0.3 is 5.97 Å². The molecule has 0 saturated heterocycles. The predicted molar refractivity (Wildman–Crippen MR) is 130 cm³/mol. The maximum Gasteiger partial charge on any atom is 0.335 e. The van der Waals surface area contributed by atoms with Crippen LogP contribution < -0.4 is 0 Å². The lowest BCUT2D eigenvalue weighted by Gasteiger charge is -2.09. The Kier molecular flexibility index (Phi) is 6.45. The summed E-state index contributed by atoms with van der Waals surface area (Å²) in [5.41, 5.74) is 3.98. The molecule has 4 aromatic carbocycles. The number of benzene rings is 4. The Morgan fingerprint density at radius 3 is 2.06 bits per heavy atom. The monoisotopic (exact) mass is 436 g/mol. The van der Waals surface area contributed by atoms with E-state index in [0.29, 0.717) is 23.1 Å². The average molecular weight is 437 g/mol. The van der Waals surface area contributed by atoms with Crippen LogP contribution in [0.15, 0.2) is 84.9 Å². The van der Waals surface area contributed by atoms with Crippen LogP contribution in [-0.4, -0.2) is 22.6 Å². The van der Waals surface area contributed by atoms with E-state index in [2.05, 4.69) is 0 Å². The summed E-state index contributed by atoms with van der Waals surface area (Å²) in [7, 11) is 0. The van der Waals surface area contributed by atoms with Crippen LogP contribution >= 0.6 is 0 Å². The van der Waals surface area contributed by atoms with Crippen molar-refractivity contribution in [2.45, 2.75) is 26.2 Å². The SMILES string of the molecule is CCc1cc(C(=O)CCC(=O)c2ccc3cccc(-c4ccccc4)c3c2)ccc1C(=O)O. The molecule has 4 heteroatoms. The third-order valence-corrected chi connectivity index (χ3v) is 5.91. The maximum absolute atomic E-state index is 12.9. The number of carboxylic acids is 1. The Balaban J connectivity index is 1.54. The molecule has 0 atom stereocenters. The van der Waals surface area contributed by atoms with Gasteiger partial charge in [0.1, 0.15) is 0 Å². The molecule has 0 heterocycles. The molecule has 0 fully saturated rings. The molecule has 1 N–H and O–H groups in total. The van der Waals surface area contributed by atoms with E-state index in [1.807, 2.05) is 67.6 Å². The van der Waals surface area contributed by atoms with Gasteiger partial charge in [-0.2, -0.15) is 0 Å². The number of aromatic carboxylic acids is 1. The summed E-state index contributed by atoms with van der Waals surface area (Å²) >= 11 is 0. The fourth-order valence-corrected chi connectivity index (χ4v) is 4.10. The van der Waals surface area contributed by atoms with Gasteiger partial charge in [0.2, 0.25) is 0 Å². The zero-order chi connectivity index (χ0) is 23.4. The highest BCUT2D eigenvalue weighted by atomic mass is 16.4. The molecule has 0 unspecified atom stereocenters. The number of hydrogen-bond acceptors (Lipinski definition) is 3. The van der Waals surface area contributed by atoms with Gasteiger partial charge in [-0.3, -0.25) is 9.59 Å². The highest BCUT2D eigenvalue weighted by Gasteiger charge is 2.15. The molecule has 0 radical (unpaired) electrons. The van der Waals surface area contributed by atoms with Crippen molar-refractivity contribution in [2.24, 2.45) is 0 Å². The van der Waals surface area contributed by atoms with E-state index in [-0.39, 0.29) is 30.0 Å². The van der Waals surface area contributed by atoms with Crippen molar-refractivity contribution in [1.29, 1.82) is 0 Å². The lowest BCUT2D eigenvalue weighted by atomic mass is 9.94. The van der Waals surface area contributed by atoms with E-state index >= 15 is 0 Å². The lowest BCUT2D eigenvalue weighted by Crippen LogP contribution is -2.08. The highest BCUT2D eigenvalue weighted by Crippen LogP contribution is 2.29. The first kappa shape index (κ1) is 22.2. The zero-order valence-electron chi connectivity index (χ0n) is 18.4. The van der Waals surface area contributed by atoms with Crippen LogP contribution in [0.5, 0.6) is 0 Å². The largest absolute Gasteiger partial charge is 0.478 e. The van der Waals surface area contributed by atoms with Crippen molar-refractivity contribution >= 4 is 28.3 Å². The Morgan fingerprint density at radius 2 is 1.39 bits per heavy atom. The Labute approximate surface area is 192 Å². The minimum absolute atomic E-state index is 0.0762. The molecule has 0 bridgehead atoms. The second kappa shape index (κ2) is 9.61. The minimum atomic E-state index is -1.01. The van der Waals surface area contributed by atoms with Crippen molar-refractivity contribution < 1.29 is 19.5 Å². The van der Waals surface area contributed by atoms with Gasteiger partial charge in [-0.05, 0) is 52.1 Å². The minimum Gasteiger partial charge on any atom is -0.478 e. The van der Waals surface area contributed by atoms with Gasteiger partial charge in [-0.1, -0.05) is 73.7 Å². The fourth-order valence-electron chi connectivity index (χ4n) is 4.10. The summed E-state index contributed by atoms with van der Waals surface area (Å²) in [4.78, 5) is 36.9. The number of Topliss-reactive ketones (excluding diaryl/α,β-unsaturated/α-hetero) is 2. The first-order valence-corrected chi connectivity index (χ1v) is 11.0. The summed E-state index contributed by atoms with van der Waals surface area (Å²) in [6, 6.07) is 26.4. The van der Waals surface area contributed by atoms with Crippen LogP contribution in [0.4, 0.5) is 0 Å². The number of fused-ring (bicyclic) bond motifs is 1. The number of rotatable bonds is 8. The average Bonchev–Trinajstić information content (AvgIpc) is 2.86. The molecular formula is C29H24O4. The second-order valence-corrected chi connectivity index (χ2v) is 7.98. The third-order valence-electron chi connectivity index (χ3n) is 5.91. The van der Waals surface area contributed by atoms with Gasteiger partial charge in [0.05, 0.1) is 5.56 Å². The van der Waals surface area contributed by atoms with Gasteiger partial charge in [0.25, 0.3) is 0 Å². The third kappa shape index (κ3) is 4.75. The molecule has 33 heavy (non-hydrogen) atoms. The predicted octanol–water partition coefficient (Wildman–Crippen LogP) is 6.61. The van der Waals surface area contributed by atoms with E-state index in [4.69, 9.17) is 0 Å². The van der Waals surface area contributed by atoms with Crippen molar-refractivity contribution in [3.8, 4) is 11.1 Å². The molecule has 0 aliphatic rings. The maximum atomic E-state index is 12.9. The van der Waals surface area contributed by atoms with Gasteiger partial charge in [-0.25, -0.2) is 4.79 Å². The first-order valence-electron chi connectivity index (χ1n) is 11.0. The van der Waals surface area contributed by atoms with Crippen molar-refractivity contribution in [3.05, 3.63) is 107 Å². The molecular weight excluding hydrogens is 412 g/mol. The summed E-state index contributed by atoms with van der Waals surface area (Å²) in [5, 5.41) is 11.3. The molecule has 0 spiro atoms. The quantitative estimate of drug-likeness (QED) is 0.315. The van der Waals surface area contributed by atoms with Gasteiger partial charge < -0.3 is 5.11 Å². The van der Waals surface area contributed by atoms with Crippen LogP contribution in [0.1, 0.15) is 56.4 Å². The molecule has 0 aliphatic carbocycles. The van der Waals surface area contributed by atoms with Crippen molar-refractivity contribution in [2.75, 3.05) is 0 Å². The van der Waals surface area contributed by atoms with Gasteiger partial charge in [0, 0.05) is 24.0 Å². The molecule has 0 saturated carbocycles. The van der Waals surface area contributed by atoms with E-state index in [1.54, 1.807) is 12.1 Å². The number of carbonyl (C=O) groups excluding carboxylic acids is 2. The standard InChI is InChI=1S/C29H24O4/c1-2-19-17-22(13-14-25(19)29(32)33)27(30)15-16-28(31)23-12-11-21-9-6-10-24(26(21)18-23)20-7-4-3-5-8-20/h3-14,17-18H,2,15-16H2,1H3,(H,32,33). The van der Waals surface area contributed by atoms with E-state index < -0.39 is 5.97 Å². The smallest absolute Gasteiger partial charge is 0.335 e. The van der Waals surface area contributed by atoms with Crippen LogP contribution in [0.3, 0.4) is 0 Å². The summed E-state index contributed by atoms with van der Waals surface area (Å²) in [6.07, 6.45) is 0.690. The van der Waals surface area contributed by atoms with Crippen LogP contribution in [-0.2, 0) is 6.42 Å². The van der Waals surface area contributed by atoms with Crippen LogP contribution in [0, 0.1) is 0 Å². The summed E-state index contributed by atoms with van der Waals surface area (Å²) in [6.45, 7) is 1.85. The van der Waals surface area contributed by atoms with Crippen molar-refractivity contribution in [3.63, 3.8) is 0 Å². The highest BCUT2D eigenvalue weighted by molar-refractivity contribution is 6.06. The Morgan fingerprint density at radius 1 is 0.727 bits per heavy atom. The van der Waals surface area contributed by atoms with E-state index in [0.717, 1.165) is 21.9 Å². The zero-order valence-corrected chi connectivity index (χ0v) is 18.4. The first-order chi connectivity index (χ1) is 16.0. The van der Waals surface area contributed by atoms with Crippen LogP contribution in [0.2, 0.25) is 0 Å². The Bertz CT molecular complexity index is 1350. The molecule has 4 aromatic rings. The van der Waals surface area contributed by atoms with Crippen LogP contribution in [0.25, 0.3) is 21.9 Å². The second-order valence-electron chi connectivity index (χ2n) is 7.98. The number of hydrogen-bond donors (Lipinski definition) is 1. The number of carbonyl (C=O) groups is 3. The van der Waals surface area contributed by atoms with Crippen molar-refractivity contribution in [1.82, 2.24) is 0 Å². The molecule has 4 nitrogen and oxygen atoms in total. The molecule has 0 amide bonds. The summed E-state index contributed by atoms with van der Waals surface area (Å²) in [5.74, 6) is -1.26. The molecule has 0 aromatic heterocycles. The van der Waals surface area contributed by atoms with E-state index in [1.165, 1.54) is 12.1 Å². The van der Waals surface area contributed by atoms with Gasteiger partial charge in [0.15, 0.2) is 11.6 Å². The molecule has 0 aliphatic heterocycles. The normalized spacial score (nSPS) is 10.8.